The van der Waals surface area contributed by atoms with E-state index in [1.165, 1.54) is 154 Å². The van der Waals surface area contributed by atoms with Gasteiger partial charge >= 0.3 is 5.97 Å². The van der Waals surface area contributed by atoms with E-state index in [1.54, 1.807) is 6.08 Å². The number of hydrogen-bond donors (Lipinski definition) is 6. The van der Waals surface area contributed by atoms with E-state index < -0.39 is 49.5 Å². The molecule has 1 rings (SSSR count). The van der Waals surface area contributed by atoms with Crippen LogP contribution in [0.4, 0.5) is 0 Å². The van der Waals surface area contributed by atoms with Gasteiger partial charge < -0.3 is 45.1 Å². The van der Waals surface area contributed by atoms with Crippen molar-refractivity contribution in [2.75, 3.05) is 19.8 Å². The number of ether oxygens (including phenoxy) is 3. The molecule has 7 unspecified atom stereocenters. The lowest BCUT2D eigenvalue weighted by Gasteiger charge is -2.40. The van der Waals surface area contributed by atoms with Crippen molar-refractivity contribution in [3.05, 3.63) is 48.6 Å². The molecule has 0 aromatic heterocycles. The van der Waals surface area contributed by atoms with Gasteiger partial charge in [-0.05, 0) is 77.0 Å². The van der Waals surface area contributed by atoms with Gasteiger partial charge in [-0.1, -0.05) is 229 Å². The standard InChI is InChI=1S/C62H113NO10/c1-3-5-7-9-11-13-14-15-16-20-24-27-30-34-38-42-46-50-58(67)71-51-47-43-39-35-31-28-25-22-19-17-18-21-23-26-29-33-37-41-45-49-57(66)63-54(55(65)48-44-40-36-32-12-10-8-6-4-2)53-72-62-61(70)60(69)59(68)56(52-64)73-62/h12,22,25,28,31-32,44,48,54-56,59-62,64-65,68-70H,3-11,13-21,23-24,26-27,29-30,33-43,45-47,49-53H2,1-2H3,(H,63,66)/b25-22-,31-28-,32-12+,48-44+. The Morgan fingerprint density at radius 1 is 0.507 bits per heavy atom. The second kappa shape index (κ2) is 51.7. The first-order valence-corrected chi connectivity index (χ1v) is 30.4. The Labute approximate surface area is 446 Å². The summed E-state index contributed by atoms with van der Waals surface area (Å²) in [6.07, 6.45) is 55.2. The molecule has 1 heterocycles. The Morgan fingerprint density at radius 3 is 1.47 bits per heavy atom. The Morgan fingerprint density at radius 2 is 0.932 bits per heavy atom. The number of rotatable bonds is 52. The molecule has 11 nitrogen and oxygen atoms in total. The molecule has 1 saturated heterocycles. The average Bonchev–Trinajstić information content (AvgIpc) is 3.39. The van der Waals surface area contributed by atoms with Crippen LogP contribution in [0.2, 0.25) is 0 Å². The Hall–Kier alpha value is -2.38. The molecular weight excluding hydrogens is 919 g/mol. The summed E-state index contributed by atoms with van der Waals surface area (Å²) in [6.45, 7) is 4.23. The van der Waals surface area contributed by atoms with E-state index >= 15 is 0 Å². The number of carbonyl (C=O) groups excluding carboxylic acids is 2. The summed E-state index contributed by atoms with van der Waals surface area (Å²) in [7, 11) is 0. The van der Waals surface area contributed by atoms with Gasteiger partial charge in [-0.25, -0.2) is 0 Å². The molecule has 426 valence electrons. The van der Waals surface area contributed by atoms with Crippen LogP contribution in [0.1, 0.15) is 271 Å². The summed E-state index contributed by atoms with van der Waals surface area (Å²) in [5.74, 6) is -0.230. The molecule has 0 aliphatic carbocycles. The maximum Gasteiger partial charge on any atom is 0.305 e. The van der Waals surface area contributed by atoms with E-state index in [1.807, 2.05) is 6.08 Å². The summed E-state index contributed by atoms with van der Waals surface area (Å²) in [5.41, 5.74) is 0. The first kappa shape index (κ1) is 68.6. The number of carbonyl (C=O) groups is 2. The van der Waals surface area contributed by atoms with Crippen LogP contribution in [-0.2, 0) is 23.8 Å². The van der Waals surface area contributed by atoms with Crippen LogP contribution in [0.5, 0.6) is 0 Å². The molecule has 73 heavy (non-hydrogen) atoms. The lowest BCUT2D eigenvalue weighted by atomic mass is 9.99. The minimum absolute atomic E-state index is 0.0254. The molecule has 0 aromatic carbocycles. The highest BCUT2D eigenvalue weighted by Crippen LogP contribution is 2.23. The summed E-state index contributed by atoms with van der Waals surface area (Å²) in [4.78, 5) is 25.1. The second-order valence-electron chi connectivity index (χ2n) is 21.1. The molecule has 11 heteroatoms. The van der Waals surface area contributed by atoms with Gasteiger partial charge in [0.25, 0.3) is 0 Å². The topological polar surface area (TPSA) is 175 Å². The monoisotopic (exact) mass is 1030 g/mol. The second-order valence-corrected chi connectivity index (χ2v) is 21.1. The van der Waals surface area contributed by atoms with E-state index in [4.69, 9.17) is 14.2 Å². The summed E-state index contributed by atoms with van der Waals surface area (Å²) in [6, 6.07) is -0.834. The van der Waals surface area contributed by atoms with Crippen molar-refractivity contribution >= 4 is 11.9 Å². The Bertz CT molecular complexity index is 1350. The van der Waals surface area contributed by atoms with Gasteiger partial charge in [0, 0.05) is 12.8 Å². The van der Waals surface area contributed by atoms with Gasteiger partial charge in [-0.2, -0.15) is 0 Å². The van der Waals surface area contributed by atoms with E-state index in [2.05, 4.69) is 55.6 Å². The molecule has 1 aliphatic heterocycles. The van der Waals surface area contributed by atoms with Crippen LogP contribution in [0.25, 0.3) is 0 Å². The van der Waals surface area contributed by atoms with E-state index in [9.17, 15) is 35.1 Å². The zero-order valence-electron chi connectivity index (χ0n) is 46.8. The first-order chi connectivity index (χ1) is 35.7. The fraction of sp³-hybridized carbons (Fsp3) is 0.839. The minimum atomic E-state index is -1.58. The maximum atomic E-state index is 13.0. The molecule has 1 amide bonds. The van der Waals surface area contributed by atoms with Gasteiger partial charge in [-0.3, -0.25) is 9.59 Å². The van der Waals surface area contributed by atoms with Crippen molar-refractivity contribution in [2.24, 2.45) is 0 Å². The third kappa shape index (κ3) is 41.5. The SMILES string of the molecule is CCCCC/C=C/CC/C=C/C(O)C(COC1OC(CO)C(O)C(O)C1O)NC(=O)CCCCCCCCCCCC/C=C\C=C/CCCCCOC(=O)CCCCCCCCCCCCCCCCCCC. The van der Waals surface area contributed by atoms with Crippen LogP contribution in [0, 0.1) is 0 Å². The van der Waals surface area contributed by atoms with Gasteiger partial charge in [0.05, 0.1) is 32.0 Å². The predicted molar refractivity (Wildman–Crippen MR) is 301 cm³/mol. The van der Waals surface area contributed by atoms with Gasteiger partial charge in [0.15, 0.2) is 6.29 Å². The third-order valence-electron chi connectivity index (χ3n) is 14.2. The number of aliphatic hydroxyl groups excluding tert-OH is 5. The molecule has 7 atom stereocenters. The van der Waals surface area contributed by atoms with Gasteiger partial charge in [0.1, 0.15) is 24.4 Å². The van der Waals surface area contributed by atoms with Crippen molar-refractivity contribution in [1.29, 1.82) is 0 Å². The van der Waals surface area contributed by atoms with Crippen molar-refractivity contribution in [3.8, 4) is 0 Å². The maximum absolute atomic E-state index is 13.0. The van der Waals surface area contributed by atoms with E-state index in [0.29, 0.717) is 19.4 Å². The molecular formula is C62H113NO10. The molecule has 0 aromatic rings. The fourth-order valence-corrected chi connectivity index (χ4v) is 9.32. The Balaban J connectivity index is 2.03. The zero-order chi connectivity index (χ0) is 53.1. The van der Waals surface area contributed by atoms with Crippen molar-refractivity contribution < 1.29 is 49.3 Å². The van der Waals surface area contributed by atoms with Crippen LogP contribution >= 0.6 is 0 Å². The largest absolute Gasteiger partial charge is 0.466 e. The molecule has 0 saturated carbocycles. The normalized spacial score (nSPS) is 19.2. The highest BCUT2D eigenvalue weighted by atomic mass is 16.7. The zero-order valence-corrected chi connectivity index (χ0v) is 46.8. The van der Waals surface area contributed by atoms with Crippen molar-refractivity contribution in [2.45, 2.75) is 314 Å². The summed E-state index contributed by atoms with van der Waals surface area (Å²) >= 11 is 0. The summed E-state index contributed by atoms with van der Waals surface area (Å²) < 4.78 is 16.6. The molecule has 0 bridgehead atoms. The minimum Gasteiger partial charge on any atom is -0.466 e. The van der Waals surface area contributed by atoms with E-state index in [0.717, 1.165) is 89.9 Å². The highest BCUT2D eigenvalue weighted by molar-refractivity contribution is 5.76. The molecule has 0 spiro atoms. The molecule has 6 N–H and O–H groups in total. The smallest absolute Gasteiger partial charge is 0.305 e. The lowest BCUT2D eigenvalue weighted by Crippen LogP contribution is -2.60. The average molecular weight is 1030 g/mol. The third-order valence-corrected chi connectivity index (χ3v) is 14.2. The van der Waals surface area contributed by atoms with E-state index in [-0.39, 0.29) is 18.5 Å². The molecule has 1 aliphatic rings. The quantitative estimate of drug-likeness (QED) is 0.0149. The fourth-order valence-electron chi connectivity index (χ4n) is 9.32. The van der Waals surface area contributed by atoms with Crippen LogP contribution in [0.15, 0.2) is 48.6 Å². The van der Waals surface area contributed by atoms with Crippen molar-refractivity contribution in [1.82, 2.24) is 5.32 Å². The molecule has 0 radical (unpaired) electrons. The number of esters is 1. The summed E-state index contributed by atoms with van der Waals surface area (Å²) in [5, 5.41) is 54.1. The number of aliphatic hydroxyl groups is 5. The first-order valence-electron chi connectivity index (χ1n) is 30.4. The van der Waals surface area contributed by atoms with Gasteiger partial charge in [-0.15, -0.1) is 0 Å². The van der Waals surface area contributed by atoms with Crippen LogP contribution in [0.3, 0.4) is 0 Å². The van der Waals surface area contributed by atoms with Crippen LogP contribution in [-0.4, -0.2) is 100 Å². The molecule has 1 fully saturated rings. The lowest BCUT2D eigenvalue weighted by molar-refractivity contribution is -0.302. The highest BCUT2D eigenvalue weighted by Gasteiger charge is 2.44. The predicted octanol–water partition coefficient (Wildman–Crippen LogP) is 14.1. The van der Waals surface area contributed by atoms with Gasteiger partial charge in [0.2, 0.25) is 5.91 Å². The number of unbranched alkanes of at least 4 members (excludes halogenated alkanes) is 33. The number of amides is 1. The number of allylic oxidation sites excluding steroid dienone is 7. The number of hydrogen-bond acceptors (Lipinski definition) is 10. The Kier molecular flexibility index (Phi) is 48.6. The van der Waals surface area contributed by atoms with Crippen LogP contribution < -0.4 is 5.32 Å². The van der Waals surface area contributed by atoms with Crippen molar-refractivity contribution in [3.63, 3.8) is 0 Å². The number of nitrogens with one attached hydrogen (secondary N) is 1.